The number of aromatic nitrogens is 4. The smallest absolute Gasteiger partial charge is 0.190 e. The first-order valence-electron chi connectivity index (χ1n) is 6.18. The molecule has 5 nitrogen and oxygen atoms in total. The predicted molar refractivity (Wildman–Crippen MR) is 78.7 cm³/mol. The van der Waals surface area contributed by atoms with Crippen LogP contribution in [-0.4, -0.2) is 20.2 Å². The molecule has 0 amide bonds. The van der Waals surface area contributed by atoms with Gasteiger partial charge in [0.1, 0.15) is 11.5 Å². The van der Waals surface area contributed by atoms with Gasteiger partial charge in [-0.25, -0.2) is 4.39 Å². The van der Waals surface area contributed by atoms with E-state index >= 15 is 0 Å². The van der Waals surface area contributed by atoms with Gasteiger partial charge in [0, 0.05) is 5.69 Å². The fourth-order valence-corrected chi connectivity index (χ4v) is 2.43. The Balaban J connectivity index is 2.28. The molecule has 0 aliphatic carbocycles. The Bertz CT molecular complexity index is 708. The molecule has 2 aromatic carbocycles. The summed E-state index contributed by atoms with van der Waals surface area (Å²) in [6, 6.07) is 9.85. The summed E-state index contributed by atoms with van der Waals surface area (Å²) in [5, 5.41) is 11.8. The maximum absolute atomic E-state index is 14.1. The molecule has 21 heavy (non-hydrogen) atoms. The topological polar surface area (TPSA) is 69.6 Å². The summed E-state index contributed by atoms with van der Waals surface area (Å²) in [5.74, 6) is -0.125. The van der Waals surface area contributed by atoms with Crippen LogP contribution in [0.25, 0.3) is 17.1 Å². The molecule has 0 saturated carbocycles. The molecule has 0 bridgehead atoms. The lowest BCUT2D eigenvalue weighted by atomic mass is 10.1. The first kappa shape index (κ1) is 13.5. The number of benzene rings is 2. The fraction of sp³-hybridized carbons (Fsp3) is 0.0714. The van der Waals surface area contributed by atoms with Gasteiger partial charge in [-0.15, -0.1) is 5.10 Å². The lowest BCUT2D eigenvalue weighted by molar-refractivity contribution is 0.606. The number of nitrogens with zero attached hydrogens (tertiary/aromatic N) is 4. The summed E-state index contributed by atoms with van der Waals surface area (Å²) in [4.78, 5) is 0. The van der Waals surface area contributed by atoms with E-state index in [0.717, 1.165) is 0 Å². The Morgan fingerprint density at radius 3 is 2.67 bits per heavy atom. The van der Waals surface area contributed by atoms with Gasteiger partial charge in [0.05, 0.1) is 10.6 Å². The van der Waals surface area contributed by atoms with Crippen LogP contribution in [0.3, 0.4) is 0 Å². The SMILES string of the molecule is Cc1cccc(F)c1-n1nnnc1-c1c(N)cccc1Cl. The molecule has 0 saturated heterocycles. The summed E-state index contributed by atoms with van der Waals surface area (Å²) in [5.41, 5.74) is 7.83. The molecular weight excluding hydrogens is 293 g/mol. The lowest BCUT2D eigenvalue weighted by Gasteiger charge is -2.11. The van der Waals surface area contributed by atoms with E-state index < -0.39 is 5.82 Å². The van der Waals surface area contributed by atoms with Crippen molar-refractivity contribution < 1.29 is 4.39 Å². The van der Waals surface area contributed by atoms with E-state index in [1.54, 1.807) is 37.3 Å². The highest BCUT2D eigenvalue weighted by molar-refractivity contribution is 6.33. The van der Waals surface area contributed by atoms with Crippen molar-refractivity contribution in [3.63, 3.8) is 0 Å². The van der Waals surface area contributed by atoms with Crippen LogP contribution in [0.2, 0.25) is 5.02 Å². The summed E-state index contributed by atoms with van der Waals surface area (Å²) < 4.78 is 15.4. The predicted octanol–water partition coefficient (Wildman–Crippen LogP) is 3.01. The van der Waals surface area contributed by atoms with E-state index in [1.807, 2.05) is 0 Å². The first-order chi connectivity index (χ1) is 10.1. The molecule has 106 valence electrons. The van der Waals surface area contributed by atoms with Gasteiger partial charge < -0.3 is 5.73 Å². The van der Waals surface area contributed by atoms with Crippen LogP contribution in [0, 0.1) is 12.7 Å². The molecule has 0 atom stereocenters. The third-order valence-corrected chi connectivity index (χ3v) is 3.45. The highest BCUT2D eigenvalue weighted by atomic mass is 35.5. The Morgan fingerprint density at radius 1 is 1.19 bits per heavy atom. The van der Waals surface area contributed by atoms with Crippen LogP contribution in [0.5, 0.6) is 0 Å². The monoisotopic (exact) mass is 303 g/mol. The molecule has 0 aliphatic rings. The van der Waals surface area contributed by atoms with Crippen LogP contribution in [0.15, 0.2) is 36.4 Å². The van der Waals surface area contributed by atoms with Gasteiger partial charge >= 0.3 is 0 Å². The maximum atomic E-state index is 14.1. The molecule has 0 spiro atoms. The molecule has 3 aromatic rings. The molecule has 0 fully saturated rings. The number of rotatable bonds is 2. The number of para-hydroxylation sites is 1. The Hall–Kier alpha value is -2.47. The van der Waals surface area contributed by atoms with Crippen LogP contribution in [0.1, 0.15) is 5.56 Å². The Kier molecular flexibility index (Phi) is 3.31. The van der Waals surface area contributed by atoms with Crippen molar-refractivity contribution in [1.29, 1.82) is 0 Å². The summed E-state index contributed by atoms with van der Waals surface area (Å²) in [7, 11) is 0. The third-order valence-electron chi connectivity index (χ3n) is 3.14. The van der Waals surface area contributed by atoms with E-state index in [0.29, 0.717) is 27.7 Å². The van der Waals surface area contributed by atoms with Crippen LogP contribution >= 0.6 is 11.6 Å². The molecule has 0 aliphatic heterocycles. The molecule has 1 heterocycles. The minimum Gasteiger partial charge on any atom is -0.398 e. The van der Waals surface area contributed by atoms with Crippen LogP contribution in [-0.2, 0) is 0 Å². The molecule has 0 radical (unpaired) electrons. The standard InChI is InChI=1S/C14H11ClFN5/c1-8-4-2-6-10(16)13(8)21-14(18-19-20-21)12-9(15)5-3-7-11(12)17/h2-7H,17H2,1H3. The van der Waals surface area contributed by atoms with Crippen LogP contribution in [0.4, 0.5) is 10.1 Å². The molecule has 1 aromatic heterocycles. The van der Waals surface area contributed by atoms with E-state index in [9.17, 15) is 4.39 Å². The average Bonchev–Trinajstić information content (AvgIpc) is 2.87. The average molecular weight is 304 g/mol. The number of hydrogen-bond donors (Lipinski definition) is 1. The number of nitrogen functional groups attached to an aromatic ring is 1. The zero-order valence-corrected chi connectivity index (χ0v) is 11.8. The molecule has 0 unspecified atom stereocenters. The van der Waals surface area contributed by atoms with Gasteiger partial charge in [-0.1, -0.05) is 29.8 Å². The van der Waals surface area contributed by atoms with Crippen molar-refractivity contribution in [3.05, 3.63) is 52.8 Å². The number of aryl methyl sites for hydroxylation is 1. The van der Waals surface area contributed by atoms with Crippen molar-refractivity contribution in [1.82, 2.24) is 20.2 Å². The summed E-state index contributed by atoms with van der Waals surface area (Å²) in [6.45, 7) is 1.78. The highest BCUT2D eigenvalue weighted by Gasteiger charge is 2.19. The number of anilines is 1. The van der Waals surface area contributed by atoms with Gasteiger partial charge in [-0.2, -0.15) is 4.68 Å². The molecule has 7 heteroatoms. The quantitative estimate of drug-likeness (QED) is 0.739. The summed E-state index contributed by atoms with van der Waals surface area (Å²) >= 11 is 6.18. The van der Waals surface area contributed by atoms with Gasteiger partial charge in [-0.05, 0) is 41.1 Å². The number of tetrazole rings is 1. The highest BCUT2D eigenvalue weighted by Crippen LogP contribution is 2.33. The Morgan fingerprint density at radius 2 is 1.95 bits per heavy atom. The molecule has 3 rings (SSSR count). The fourth-order valence-electron chi connectivity index (χ4n) is 2.16. The van der Waals surface area contributed by atoms with Crippen LogP contribution < -0.4 is 5.73 Å². The summed E-state index contributed by atoms with van der Waals surface area (Å²) in [6.07, 6.45) is 0. The second-order valence-electron chi connectivity index (χ2n) is 4.52. The van der Waals surface area contributed by atoms with E-state index in [4.69, 9.17) is 17.3 Å². The van der Waals surface area contributed by atoms with Gasteiger partial charge in [0.25, 0.3) is 0 Å². The first-order valence-corrected chi connectivity index (χ1v) is 6.55. The van der Waals surface area contributed by atoms with Crippen molar-refractivity contribution in [2.75, 3.05) is 5.73 Å². The lowest BCUT2D eigenvalue weighted by Crippen LogP contribution is -2.06. The second kappa shape index (κ2) is 5.14. The van der Waals surface area contributed by atoms with Crippen molar-refractivity contribution in [2.45, 2.75) is 6.92 Å². The van der Waals surface area contributed by atoms with E-state index in [1.165, 1.54) is 10.7 Å². The van der Waals surface area contributed by atoms with E-state index in [-0.39, 0.29) is 5.69 Å². The largest absolute Gasteiger partial charge is 0.398 e. The minimum atomic E-state index is -0.422. The molecular formula is C14H11ClFN5. The van der Waals surface area contributed by atoms with Crippen molar-refractivity contribution >= 4 is 17.3 Å². The number of nitrogens with two attached hydrogens (primary N) is 1. The third kappa shape index (κ3) is 2.23. The second-order valence-corrected chi connectivity index (χ2v) is 4.93. The van der Waals surface area contributed by atoms with Gasteiger partial charge in [0.2, 0.25) is 0 Å². The molecule has 2 N–H and O–H groups in total. The van der Waals surface area contributed by atoms with Gasteiger partial charge in [0.15, 0.2) is 5.82 Å². The zero-order chi connectivity index (χ0) is 15.0. The van der Waals surface area contributed by atoms with Crippen molar-refractivity contribution in [3.8, 4) is 17.1 Å². The van der Waals surface area contributed by atoms with Crippen molar-refractivity contribution in [2.24, 2.45) is 0 Å². The minimum absolute atomic E-state index is 0.275. The van der Waals surface area contributed by atoms with E-state index in [2.05, 4.69) is 15.5 Å². The Labute approximate surface area is 125 Å². The zero-order valence-electron chi connectivity index (χ0n) is 11.1. The number of hydrogen-bond acceptors (Lipinski definition) is 4. The maximum Gasteiger partial charge on any atom is 0.190 e. The number of halogens is 2. The normalized spacial score (nSPS) is 10.8. The van der Waals surface area contributed by atoms with Gasteiger partial charge in [-0.3, -0.25) is 0 Å².